The van der Waals surface area contributed by atoms with Crippen LogP contribution in [-0.4, -0.2) is 51.7 Å². The smallest absolute Gasteiger partial charge is 0.304 e. The first-order valence-corrected chi connectivity index (χ1v) is 9.41. The average Bonchev–Trinajstić information content (AvgIpc) is 2.52. The molecule has 0 spiro atoms. The molecule has 2 aliphatic heterocycles. The van der Waals surface area contributed by atoms with Gasteiger partial charge >= 0.3 is 10.2 Å². The fourth-order valence-corrected chi connectivity index (χ4v) is 5.23. The zero-order valence-electron chi connectivity index (χ0n) is 13.9. The van der Waals surface area contributed by atoms with E-state index in [2.05, 4.69) is 0 Å². The Balaban J connectivity index is 1.93. The molecule has 0 amide bonds. The van der Waals surface area contributed by atoms with Crippen molar-refractivity contribution in [1.29, 1.82) is 0 Å². The number of nitrogens with zero attached hydrogens (tertiary/aromatic N) is 2. The lowest BCUT2D eigenvalue weighted by molar-refractivity contribution is -0.0441. The highest BCUT2D eigenvalue weighted by molar-refractivity contribution is 7.90. The Morgan fingerprint density at radius 3 is 2.57 bits per heavy atom. The molecular weight excluding hydrogens is 316 g/mol. The second kappa shape index (κ2) is 6.30. The van der Waals surface area contributed by atoms with Crippen molar-refractivity contribution in [3.63, 3.8) is 0 Å². The Labute approximate surface area is 138 Å². The minimum absolute atomic E-state index is 0.0892. The summed E-state index contributed by atoms with van der Waals surface area (Å²) in [5.74, 6) is 0.761. The Morgan fingerprint density at radius 2 is 1.91 bits per heavy atom. The van der Waals surface area contributed by atoms with Crippen molar-refractivity contribution >= 4 is 15.9 Å². The van der Waals surface area contributed by atoms with Crippen LogP contribution in [0, 0.1) is 0 Å². The van der Waals surface area contributed by atoms with E-state index in [4.69, 9.17) is 9.47 Å². The Hall–Kier alpha value is -1.31. The molecular formula is C16H24N2O4S. The summed E-state index contributed by atoms with van der Waals surface area (Å²) in [5, 5.41) is 0. The van der Waals surface area contributed by atoms with E-state index < -0.39 is 10.2 Å². The fourth-order valence-electron chi connectivity index (χ4n) is 3.36. The highest BCUT2D eigenvalue weighted by Crippen LogP contribution is 2.33. The lowest BCUT2D eigenvalue weighted by Gasteiger charge is -2.39. The van der Waals surface area contributed by atoms with Gasteiger partial charge in [0.15, 0.2) is 0 Å². The molecule has 2 heterocycles. The largest absolute Gasteiger partial charge is 0.497 e. The summed E-state index contributed by atoms with van der Waals surface area (Å²) in [6.07, 6.45) is 1.51. The molecule has 3 rings (SSSR count). The molecule has 0 aliphatic carbocycles. The van der Waals surface area contributed by atoms with E-state index in [9.17, 15) is 8.42 Å². The van der Waals surface area contributed by atoms with Gasteiger partial charge in [0.05, 0.1) is 25.0 Å². The third kappa shape index (κ3) is 3.18. The van der Waals surface area contributed by atoms with Crippen LogP contribution in [-0.2, 0) is 21.4 Å². The van der Waals surface area contributed by atoms with Crippen LogP contribution in [0.15, 0.2) is 18.2 Å². The van der Waals surface area contributed by atoms with Gasteiger partial charge in [0.1, 0.15) is 5.75 Å². The number of hydrogen-bond donors (Lipinski definition) is 0. The van der Waals surface area contributed by atoms with Crippen LogP contribution in [0.3, 0.4) is 0 Å². The highest BCUT2D eigenvalue weighted by atomic mass is 32.2. The third-order valence-corrected chi connectivity index (χ3v) is 6.24. The molecule has 23 heavy (non-hydrogen) atoms. The molecule has 6 nitrogen and oxygen atoms in total. The second-order valence-corrected chi connectivity index (χ2v) is 8.11. The number of morpholine rings is 1. The van der Waals surface area contributed by atoms with Crippen molar-refractivity contribution in [2.45, 2.75) is 38.9 Å². The van der Waals surface area contributed by atoms with E-state index in [1.165, 1.54) is 4.31 Å². The molecule has 1 aromatic carbocycles. The van der Waals surface area contributed by atoms with Crippen LogP contribution < -0.4 is 9.04 Å². The van der Waals surface area contributed by atoms with Gasteiger partial charge in [-0.2, -0.15) is 12.7 Å². The molecule has 0 bridgehead atoms. The second-order valence-electron chi connectivity index (χ2n) is 6.25. The van der Waals surface area contributed by atoms with Gasteiger partial charge in [-0.3, -0.25) is 4.31 Å². The molecule has 0 unspecified atom stereocenters. The first-order valence-electron chi connectivity index (χ1n) is 8.02. The minimum Gasteiger partial charge on any atom is -0.497 e. The summed E-state index contributed by atoms with van der Waals surface area (Å²) in [6.45, 7) is 5.13. The fraction of sp³-hybridized carbons (Fsp3) is 0.625. The van der Waals surface area contributed by atoms with Crippen molar-refractivity contribution < 1.29 is 17.9 Å². The molecule has 0 aromatic heterocycles. The number of fused-ring (bicyclic) bond motifs is 1. The van der Waals surface area contributed by atoms with E-state index in [0.717, 1.165) is 29.8 Å². The topological polar surface area (TPSA) is 59.1 Å². The van der Waals surface area contributed by atoms with Gasteiger partial charge in [-0.05, 0) is 50.5 Å². The molecule has 1 saturated heterocycles. The molecule has 1 fully saturated rings. The van der Waals surface area contributed by atoms with Crippen molar-refractivity contribution in [1.82, 2.24) is 4.31 Å². The Morgan fingerprint density at radius 1 is 1.22 bits per heavy atom. The predicted molar refractivity (Wildman–Crippen MR) is 89.2 cm³/mol. The van der Waals surface area contributed by atoms with Gasteiger partial charge < -0.3 is 9.47 Å². The number of ether oxygens (including phenoxy) is 2. The molecule has 1 aromatic rings. The lowest BCUT2D eigenvalue weighted by atomic mass is 10.0. The van der Waals surface area contributed by atoms with E-state index >= 15 is 0 Å². The quantitative estimate of drug-likeness (QED) is 0.842. The van der Waals surface area contributed by atoms with Crippen molar-refractivity contribution in [3.05, 3.63) is 23.8 Å². The number of hydrogen-bond acceptors (Lipinski definition) is 4. The first-order chi connectivity index (χ1) is 10.9. The maximum atomic E-state index is 13.1. The Kier molecular flexibility index (Phi) is 4.53. The summed E-state index contributed by atoms with van der Waals surface area (Å²) in [4.78, 5) is 0. The van der Waals surface area contributed by atoms with Crippen LogP contribution >= 0.6 is 0 Å². The van der Waals surface area contributed by atoms with Crippen LogP contribution in [0.5, 0.6) is 5.75 Å². The van der Waals surface area contributed by atoms with E-state index in [0.29, 0.717) is 19.6 Å². The van der Waals surface area contributed by atoms with E-state index in [1.807, 2.05) is 32.0 Å². The zero-order valence-corrected chi connectivity index (χ0v) is 14.7. The van der Waals surface area contributed by atoms with E-state index in [-0.39, 0.29) is 12.2 Å². The standard InChI is InChI=1S/C16H24N2O4S/c1-12-10-17(11-13(2)22-12)23(19,20)18-8-4-5-14-9-15(21-3)6-7-16(14)18/h6-7,9,12-13H,4-5,8,10-11H2,1-3H3/t12-,13-/m1/s1. The molecule has 7 heteroatoms. The third-order valence-electron chi connectivity index (χ3n) is 4.35. The van der Waals surface area contributed by atoms with Gasteiger partial charge in [0.25, 0.3) is 0 Å². The monoisotopic (exact) mass is 340 g/mol. The summed E-state index contributed by atoms with van der Waals surface area (Å²) in [7, 11) is -1.92. The lowest BCUT2D eigenvalue weighted by Crippen LogP contribution is -2.54. The summed E-state index contributed by atoms with van der Waals surface area (Å²) in [6, 6.07) is 5.59. The van der Waals surface area contributed by atoms with Crippen molar-refractivity contribution in [3.8, 4) is 5.75 Å². The predicted octanol–water partition coefficient (Wildman–Crippen LogP) is 1.80. The maximum Gasteiger partial charge on any atom is 0.304 e. The number of methoxy groups -OCH3 is 1. The number of anilines is 1. The maximum absolute atomic E-state index is 13.1. The zero-order chi connectivity index (χ0) is 16.6. The van der Waals surface area contributed by atoms with Crippen LogP contribution in [0.4, 0.5) is 5.69 Å². The van der Waals surface area contributed by atoms with Gasteiger partial charge in [-0.25, -0.2) is 0 Å². The summed E-state index contributed by atoms with van der Waals surface area (Å²) in [5.41, 5.74) is 1.79. The van der Waals surface area contributed by atoms with Crippen molar-refractivity contribution in [2.24, 2.45) is 0 Å². The summed E-state index contributed by atoms with van der Waals surface area (Å²) < 4.78 is 40.2. The van der Waals surface area contributed by atoms with Gasteiger partial charge in [-0.15, -0.1) is 0 Å². The SMILES string of the molecule is COc1ccc2c(c1)CCCN2S(=O)(=O)N1C[C@@H](C)O[C@H](C)C1. The minimum atomic E-state index is -3.54. The van der Waals surface area contributed by atoms with Gasteiger partial charge in [-0.1, -0.05) is 0 Å². The Bertz CT molecular complexity index is 667. The van der Waals surface area contributed by atoms with E-state index in [1.54, 1.807) is 11.4 Å². The number of benzene rings is 1. The molecule has 2 atom stereocenters. The summed E-state index contributed by atoms with van der Waals surface area (Å²) >= 11 is 0. The normalized spacial score (nSPS) is 26.0. The number of rotatable bonds is 3. The van der Waals surface area contributed by atoms with Crippen LogP contribution in [0.1, 0.15) is 25.8 Å². The van der Waals surface area contributed by atoms with Gasteiger partial charge in [0.2, 0.25) is 0 Å². The van der Waals surface area contributed by atoms with Crippen molar-refractivity contribution in [2.75, 3.05) is 31.0 Å². The number of aryl methyl sites for hydroxylation is 1. The molecule has 0 radical (unpaired) electrons. The average molecular weight is 340 g/mol. The first kappa shape index (κ1) is 16.5. The van der Waals surface area contributed by atoms with Gasteiger partial charge in [0, 0.05) is 19.6 Å². The highest BCUT2D eigenvalue weighted by Gasteiger charge is 2.37. The molecule has 0 N–H and O–H groups in total. The molecule has 128 valence electrons. The molecule has 0 saturated carbocycles. The molecule has 2 aliphatic rings. The van der Waals surface area contributed by atoms with Crippen LogP contribution in [0.25, 0.3) is 0 Å². The van der Waals surface area contributed by atoms with Crippen LogP contribution in [0.2, 0.25) is 0 Å².